The highest BCUT2D eigenvalue weighted by atomic mass is 16.1. The number of aryl methyl sites for hydroxylation is 1. The van der Waals surface area contributed by atoms with Gasteiger partial charge in [0.2, 0.25) is 5.82 Å². The maximum atomic E-state index is 12.0. The first-order valence-electron chi connectivity index (χ1n) is 9.57. The van der Waals surface area contributed by atoms with Crippen LogP contribution in [0.1, 0.15) is 21.6 Å². The number of pyridine rings is 1. The van der Waals surface area contributed by atoms with Crippen LogP contribution in [0.5, 0.6) is 0 Å². The van der Waals surface area contributed by atoms with E-state index < -0.39 is 5.91 Å². The zero-order valence-corrected chi connectivity index (χ0v) is 17.1. The molecular formula is C22H23N7O. The molecule has 30 heavy (non-hydrogen) atoms. The van der Waals surface area contributed by atoms with E-state index in [0.29, 0.717) is 35.4 Å². The summed E-state index contributed by atoms with van der Waals surface area (Å²) in [6.07, 6.45) is 0. The van der Waals surface area contributed by atoms with Gasteiger partial charge in [-0.25, -0.2) is 4.98 Å². The fraction of sp³-hybridized carbons (Fsp3) is 0.182. The molecule has 3 aromatic heterocycles. The van der Waals surface area contributed by atoms with Crippen molar-refractivity contribution in [2.45, 2.75) is 13.5 Å². The van der Waals surface area contributed by atoms with Gasteiger partial charge in [-0.3, -0.25) is 4.79 Å². The van der Waals surface area contributed by atoms with Gasteiger partial charge in [0, 0.05) is 26.2 Å². The van der Waals surface area contributed by atoms with Crippen molar-refractivity contribution in [3.63, 3.8) is 0 Å². The lowest BCUT2D eigenvalue weighted by atomic mass is 10.2. The summed E-state index contributed by atoms with van der Waals surface area (Å²) >= 11 is 0. The molecule has 0 fully saturated rings. The summed E-state index contributed by atoms with van der Waals surface area (Å²) in [5.41, 5.74) is 9.57. The average Bonchev–Trinajstić information content (AvgIpc) is 3.08. The number of anilines is 2. The fourth-order valence-corrected chi connectivity index (χ4v) is 3.45. The van der Waals surface area contributed by atoms with Crippen LogP contribution >= 0.6 is 0 Å². The molecule has 8 heteroatoms. The Kier molecular flexibility index (Phi) is 5.05. The standard InChI is InChI=1S/C22H23N7O/c1-14-12-16-10-7-11-17(19(23)30)29(16)18(14)20-25-21(22(27-26-20)28(2)3)24-13-15-8-5-4-6-9-15/h4-12H,13H2,1-3H3,(H2,23,30)(H,24,25,26). The lowest BCUT2D eigenvalue weighted by Crippen LogP contribution is -2.18. The fourth-order valence-electron chi connectivity index (χ4n) is 3.45. The number of carbonyl (C=O) groups is 1. The number of hydrogen-bond acceptors (Lipinski definition) is 6. The maximum absolute atomic E-state index is 12.0. The maximum Gasteiger partial charge on any atom is 0.265 e. The van der Waals surface area contributed by atoms with Crippen LogP contribution in [0.25, 0.3) is 17.0 Å². The number of aromatic nitrogens is 4. The first kappa shape index (κ1) is 19.4. The van der Waals surface area contributed by atoms with E-state index in [1.165, 1.54) is 0 Å². The third-order valence-electron chi connectivity index (χ3n) is 4.84. The van der Waals surface area contributed by atoms with E-state index in [1.807, 2.05) is 68.4 Å². The minimum Gasteiger partial charge on any atom is -0.364 e. The molecular weight excluding hydrogens is 378 g/mol. The number of amides is 1. The summed E-state index contributed by atoms with van der Waals surface area (Å²) in [7, 11) is 3.78. The number of rotatable bonds is 6. The normalized spacial score (nSPS) is 10.9. The lowest BCUT2D eigenvalue weighted by Gasteiger charge is -2.17. The highest BCUT2D eigenvalue weighted by Crippen LogP contribution is 2.28. The van der Waals surface area contributed by atoms with Gasteiger partial charge in [0.1, 0.15) is 5.69 Å². The van der Waals surface area contributed by atoms with Crippen LogP contribution in [0.3, 0.4) is 0 Å². The van der Waals surface area contributed by atoms with Crippen LogP contribution < -0.4 is 16.0 Å². The van der Waals surface area contributed by atoms with Crippen molar-refractivity contribution in [1.29, 1.82) is 0 Å². The van der Waals surface area contributed by atoms with Crippen LogP contribution in [0, 0.1) is 6.92 Å². The van der Waals surface area contributed by atoms with Crippen molar-refractivity contribution in [1.82, 2.24) is 19.6 Å². The number of hydrogen-bond donors (Lipinski definition) is 2. The topological polar surface area (TPSA) is 101 Å². The monoisotopic (exact) mass is 401 g/mol. The first-order chi connectivity index (χ1) is 14.5. The van der Waals surface area contributed by atoms with Gasteiger partial charge in [0.25, 0.3) is 5.91 Å². The molecule has 0 radical (unpaired) electrons. The Hall–Kier alpha value is -3.94. The zero-order valence-electron chi connectivity index (χ0n) is 17.1. The second kappa shape index (κ2) is 7.82. The second-order valence-electron chi connectivity index (χ2n) is 7.25. The number of nitrogens with zero attached hydrogens (tertiary/aromatic N) is 5. The van der Waals surface area contributed by atoms with Gasteiger partial charge in [0.15, 0.2) is 11.6 Å². The van der Waals surface area contributed by atoms with Crippen LogP contribution in [0.4, 0.5) is 11.6 Å². The molecule has 1 amide bonds. The molecule has 152 valence electrons. The smallest absolute Gasteiger partial charge is 0.265 e. The quantitative estimate of drug-likeness (QED) is 0.515. The molecule has 3 N–H and O–H groups in total. The number of nitrogens with one attached hydrogen (secondary N) is 1. The molecule has 1 aromatic carbocycles. The molecule has 0 unspecified atom stereocenters. The summed E-state index contributed by atoms with van der Waals surface area (Å²) in [6, 6.07) is 17.4. The number of nitrogens with two attached hydrogens (primary N) is 1. The first-order valence-corrected chi connectivity index (χ1v) is 9.57. The van der Waals surface area contributed by atoms with E-state index in [4.69, 9.17) is 10.7 Å². The van der Waals surface area contributed by atoms with E-state index in [0.717, 1.165) is 16.6 Å². The molecule has 4 rings (SSSR count). The van der Waals surface area contributed by atoms with Crippen molar-refractivity contribution in [3.05, 3.63) is 71.4 Å². The molecule has 0 saturated heterocycles. The van der Waals surface area contributed by atoms with Crippen LogP contribution in [-0.2, 0) is 6.54 Å². The molecule has 0 aliphatic rings. The van der Waals surface area contributed by atoms with E-state index in [-0.39, 0.29) is 0 Å². The number of primary amides is 1. The molecule has 0 atom stereocenters. The zero-order chi connectivity index (χ0) is 21.3. The Morgan fingerprint density at radius 1 is 1.10 bits per heavy atom. The minimum absolute atomic E-state index is 0.370. The molecule has 4 aromatic rings. The van der Waals surface area contributed by atoms with Gasteiger partial charge < -0.3 is 20.4 Å². The number of carbonyl (C=O) groups excluding carboxylic acids is 1. The molecule has 8 nitrogen and oxygen atoms in total. The van der Waals surface area contributed by atoms with Gasteiger partial charge in [-0.1, -0.05) is 36.4 Å². The number of fused-ring (bicyclic) bond motifs is 1. The molecule has 0 bridgehead atoms. The third-order valence-corrected chi connectivity index (χ3v) is 4.84. The van der Waals surface area contributed by atoms with Crippen LogP contribution in [0.15, 0.2) is 54.6 Å². The van der Waals surface area contributed by atoms with Crippen LogP contribution in [0.2, 0.25) is 0 Å². The second-order valence-corrected chi connectivity index (χ2v) is 7.25. The van der Waals surface area contributed by atoms with E-state index in [2.05, 4.69) is 15.5 Å². The van der Waals surface area contributed by atoms with Crippen molar-refractivity contribution < 1.29 is 4.79 Å². The molecule has 0 aliphatic heterocycles. The Balaban J connectivity index is 1.82. The minimum atomic E-state index is -0.516. The van der Waals surface area contributed by atoms with E-state index >= 15 is 0 Å². The highest BCUT2D eigenvalue weighted by Gasteiger charge is 2.19. The van der Waals surface area contributed by atoms with Crippen LogP contribution in [-0.4, -0.2) is 39.6 Å². The van der Waals surface area contributed by atoms with E-state index in [1.54, 1.807) is 16.5 Å². The van der Waals surface area contributed by atoms with Gasteiger partial charge in [-0.15, -0.1) is 10.2 Å². The SMILES string of the molecule is Cc1cc2cccc(C(N)=O)n2c1-c1nnc(N(C)C)c(NCc2ccccc2)n1. The Labute approximate surface area is 174 Å². The van der Waals surface area contributed by atoms with Gasteiger partial charge in [0.05, 0.1) is 5.69 Å². The predicted molar refractivity (Wildman–Crippen MR) is 118 cm³/mol. The van der Waals surface area contributed by atoms with Gasteiger partial charge in [-0.2, -0.15) is 0 Å². The van der Waals surface area contributed by atoms with Gasteiger partial charge >= 0.3 is 0 Å². The van der Waals surface area contributed by atoms with Crippen molar-refractivity contribution in [2.75, 3.05) is 24.3 Å². The third kappa shape index (κ3) is 3.55. The molecule has 0 saturated carbocycles. The predicted octanol–water partition coefficient (Wildman–Crippen LogP) is 2.88. The lowest BCUT2D eigenvalue weighted by molar-refractivity contribution is 0.0994. The largest absolute Gasteiger partial charge is 0.364 e. The Morgan fingerprint density at radius 3 is 2.57 bits per heavy atom. The average molecular weight is 401 g/mol. The molecule has 0 spiro atoms. The van der Waals surface area contributed by atoms with E-state index in [9.17, 15) is 4.79 Å². The highest BCUT2D eigenvalue weighted by molar-refractivity contribution is 5.93. The summed E-state index contributed by atoms with van der Waals surface area (Å²) < 4.78 is 1.78. The molecule has 3 heterocycles. The molecule has 0 aliphatic carbocycles. The van der Waals surface area contributed by atoms with Gasteiger partial charge in [-0.05, 0) is 36.2 Å². The summed E-state index contributed by atoms with van der Waals surface area (Å²) in [5, 5.41) is 12.1. The summed E-state index contributed by atoms with van der Waals surface area (Å²) in [4.78, 5) is 18.6. The van der Waals surface area contributed by atoms with Crippen molar-refractivity contribution in [2.24, 2.45) is 5.73 Å². The van der Waals surface area contributed by atoms with Crippen molar-refractivity contribution in [3.8, 4) is 11.5 Å². The number of benzene rings is 1. The summed E-state index contributed by atoms with van der Waals surface area (Å²) in [6.45, 7) is 2.55. The van der Waals surface area contributed by atoms with Crippen molar-refractivity contribution >= 4 is 23.1 Å². The Morgan fingerprint density at radius 2 is 1.87 bits per heavy atom. The summed E-state index contributed by atoms with van der Waals surface area (Å²) in [5.74, 6) is 1.14. The Bertz CT molecular complexity index is 1220.